The minimum absolute atomic E-state index is 0.0881. The average Bonchev–Trinajstić information content (AvgIpc) is 1.81. The highest BCUT2D eigenvalue weighted by atomic mass is 31.1. The molecule has 1 atom stereocenters. The van der Waals surface area contributed by atoms with Crippen LogP contribution in [-0.2, 0) is 13.9 Å². The van der Waals surface area contributed by atoms with Crippen LogP contribution in [0.5, 0.6) is 0 Å². The van der Waals surface area contributed by atoms with Crippen LogP contribution in [0, 0.1) is 0 Å². The van der Waals surface area contributed by atoms with E-state index in [1.54, 1.807) is 0 Å². The first-order valence-corrected chi connectivity index (χ1v) is 4.73. The molecule has 6 nitrogen and oxygen atoms in total. The van der Waals surface area contributed by atoms with E-state index in [2.05, 4.69) is 9.84 Å². The first kappa shape index (κ1) is 12.4. The molecule has 0 aliphatic carbocycles. The standard InChI is InChI=1S/C6H12NO5P/c1-6(2,12-13(10)11)3-5(9)7-4-8/h8H,3-4H2,1-2H3,(H-,7,9,10,11)/p+1. The molecule has 0 bridgehead atoms. The van der Waals surface area contributed by atoms with E-state index < -0.39 is 26.5 Å². The summed E-state index contributed by atoms with van der Waals surface area (Å²) in [5, 5.41) is 10.5. The minimum atomic E-state index is -2.72. The van der Waals surface area contributed by atoms with Crippen LogP contribution in [0.25, 0.3) is 0 Å². The van der Waals surface area contributed by atoms with Gasteiger partial charge in [0.25, 0.3) is 0 Å². The van der Waals surface area contributed by atoms with Crippen LogP contribution < -0.4 is 5.32 Å². The van der Waals surface area contributed by atoms with E-state index >= 15 is 0 Å². The normalized spacial score (nSPS) is 12.5. The number of hydrogen-bond acceptors (Lipinski definition) is 4. The molecule has 1 amide bonds. The number of aliphatic hydroxyl groups excluding tert-OH is 1. The molecule has 1 unspecified atom stereocenters. The molecular weight excluding hydrogens is 197 g/mol. The van der Waals surface area contributed by atoms with Gasteiger partial charge in [0, 0.05) is 4.57 Å². The highest BCUT2D eigenvalue weighted by Crippen LogP contribution is 2.27. The second kappa shape index (κ2) is 5.24. The molecule has 0 spiro atoms. The van der Waals surface area contributed by atoms with Crippen LogP contribution in [0.2, 0.25) is 0 Å². The molecule has 0 aromatic carbocycles. The van der Waals surface area contributed by atoms with Gasteiger partial charge in [0.2, 0.25) is 5.91 Å². The molecule has 0 saturated heterocycles. The van der Waals surface area contributed by atoms with Gasteiger partial charge in [-0.25, -0.2) is 0 Å². The molecular formula is C6H13NO5P+. The fraction of sp³-hybridized carbons (Fsp3) is 0.833. The second-order valence-corrected chi connectivity index (χ2v) is 3.68. The van der Waals surface area contributed by atoms with E-state index in [1.165, 1.54) is 13.8 Å². The number of carbonyl (C=O) groups excluding carboxylic acids is 1. The first-order chi connectivity index (χ1) is 5.87. The average molecular weight is 210 g/mol. The molecule has 0 saturated carbocycles. The van der Waals surface area contributed by atoms with E-state index in [0.717, 1.165) is 0 Å². The summed E-state index contributed by atoms with van der Waals surface area (Å²) in [6.07, 6.45) is -0.0881. The van der Waals surface area contributed by atoms with Gasteiger partial charge in [-0.2, -0.15) is 0 Å². The van der Waals surface area contributed by atoms with Gasteiger partial charge in [-0.15, -0.1) is 9.42 Å². The van der Waals surface area contributed by atoms with Crippen molar-refractivity contribution in [2.75, 3.05) is 6.73 Å². The van der Waals surface area contributed by atoms with Crippen LogP contribution in [0.15, 0.2) is 0 Å². The lowest BCUT2D eigenvalue weighted by molar-refractivity contribution is -0.125. The lowest BCUT2D eigenvalue weighted by Crippen LogP contribution is -2.33. The van der Waals surface area contributed by atoms with Crippen LogP contribution in [0.4, 0.5) is 0 Å². The minimum Gasteiger partial charge on any atom is -0.377 e. The van der Waals surface area contributed by atoms with Gasteiger partial charge in [0.1, 0.15) is 12.3 Å². The summed E-state index contributed by atoms with van der Waals surface area (Å²) in [5.74, 6) is -0.440. The lowest BCUT2D eigenvalue weighted by atomic mass is 10.1. The highest BCUT2D eigenvalue weighted by molar-refractivity contribution is 7.32. The van der Waals surface area contributed by atoms with Gasteiger partial charge < -0.3 is 10.4 Å². The van der Waals surface area contributed by atoms with Crippen molar-refractivity contribution in [2.45, 2.75) is 25.9 Å². The SMILES string of the molecule is CC(C)(CC(=O)NCO)O[P+](=O)O. The topological polar surface area (TPSA) is 95.9 Å². The van der Waals surface area contributed by atoms with Crippen molar-refractivity contribution in [3.63, 3.8) is 0 Å². The van der Waals surface area contributed by atoms with Crippen LogP contribution in [0.1, 0.15) is 20.3 Å². The summed E-state index contributed by atoms with van der Waals surface area (Å²) in [7, 11) is -2.72. The van der Waals surface area contributed by atoms with Crippen molar-refractivity contribution in [1.82, 2.24) is 5.32 Å². The van der Waals surface area contributed by atoms with Crippen molar-refractivity contribution in [3.8, 4) is 0 Å². The fourth-order valence-electron chi connectivity index (χ4n) is 0.781. The molecule has 0 rings (SSSR count). The maximum Gasteiger partial charge on any atom is 0.695 e. The monoisotopic (exact) mass is 210 g/mol. The number of amides is 1. The summed E-state index contributed by atoms with van der Waals surface area (Å²) in [5.41, 5.74) is -1.01. The molecule has 0 aromatic rings. The third-order valence-electron chi connectivity index (χ3n) is 1.19. The van der Waals surface area contributed by atoms with Gasteiger partial charge >= 0.3 is 8.25 Å². The second-order valence-electron chi connectivity index (χ2n) is 3.02. The Labute approximate surface area is 76.9 Å². The van der Waals surface area contributed by atoms with Crippen LogP contribution in [0.3, 0.4) is 0 Å². The number of aliphatic hydroxyl groups is 1. The van der Waals surface area contributed by atoms with Crippen LogP contribution >= 0.6 is 8.25 Å². The van der Waals surface area contributed by atoms with Gasteiger partial charge in [-0.05, 0) is 13.8 Å². The largest absolute Gasteiger partial charge is 0.695 e. The van der Waals surface area contributed by atoms with E-state index in [0.29, 0.717) is 0 Å². The zero-order valence-corrected chi connectivity index (χ0v) is 8.38. The van der Waals surface area contributed by atoms with E-state index in [9.17, 15) is 9.36 Å². The Hall–Kier alpha value is -0.550. The van der Waals surface area contributed by atoms with Crippen molar-refractivity contribution < 1.29 is 23.9 Å². The highest BCUT2D eigenvalue weighted by Gasteiger charge is 2.33. The molecule has 0 fully saturated rings. The van der Waals surface area contributed by atoms with Crippen molar-refractivity contribution in [1.29, 1.82) is 0 Å². The van der Waals surface area contributed by atoms with Crippen molar-refractivity contribution >= 4 is 14.2 Å². The van der Waals surface area contributed by atoms with Gasteiger partial charge in [0.05, 0.1) is 6.42 Å². The quantitative estimate of drug-likeness (QED) is 0.434. The Kier molecular flexibility index (Phi) is 5.02. The Morgan fingerprint density at radius 3 is 2.54 bits per heavy atom. The molecule has 7 heteroatoms. The van der Waals surface area contributed by atoms with Gasteiger partial charge in [0.15, 0.2) is 0 Å². The number of nitrogens with one attached hydrogen (secondary N) is 1. The van der Waals surface area contributed by atoms with Gasteiger partial charge in [-0.1, -0.05) is 0 Å². The summed E-state index contributed by atoms with van der Waals surface area (Å²) in [6, 6.07) is 0. The predicted molar refractivity (Wildman–Crippen MR) is 44.8 cm³/mol. The maximum absolute atomic E-state index is 10.9. The van der Waals surface area contributed by atoms with Crippen LogP contribution in [-0.4, -0.2) is 28.2 Å². The molecule has 13 heavy (non-hydrogen) atoms. The zero-order chi connectivity index (χ0) is 10.5. The summed E-state index contributed by atoms with van der Waals surface area (Å²) in [6.45, 7) is 2.56. The molecule has 0 aromatic heterocycles. The molecule has 0 aliphatic heterocycles. The number of rotatable bonds is 5. The van der Waals surface area contributed by atoms with Crippen molar-refractivity contribution in [3.05, 3.63) is 0 Å². The van der Waals surface area contributed by atoms with E-state index in [4.69, 9.17) is 10.00 Å². The first-order valence-electron chi connectivity index (χ1n) is 3.60. The smallest absolute Gasteiger partial charge is 0.377 e. The fourth-order valence-corrected chi connectivity index (χ4v) is 1.27. The van der Waals surface area contributed by atoms with Gasteiger partial charge in [-0.3, -0.25) is 4.79 Å². The van der Waals surface area contributed by atoms with E-state index in [-0.39, 0.29) is 6.42 Å². The summed E-state index contributed by atoms with van der Waals surface area (Å²) >= 11 is 0. The lowest BCUT2D eigenvalue weighted by Gasteiger charge is -2.15. The summed E-state index contributed by atoms with van der Waals surface area (Å²) < 4.78 is 14.9. The molecule has 0 heterocycles. The van der Waals surface area contributed by atoms with Crippen molar-refractivity contribution in [2.24, 2.45) is 0 Å². The Morgan fingerprint density at radius 2 is 2.15 bits per heavy atom. The third-order valence-corrected chi connectivity index (χ3v) is 1.84. The molecule has 3 N–H and O–H groups in total. The Balaban J connectivity index is 4.00. The molecule has 0 radical (unpaired) electrons. The molecule has 76 valence electrons. The Morgan fingerprint density at radius 1 is 1.62 bits per heavy atom. The molecule has 0 aliphatic rings. The number of carbonyl (C=O) groups is 1. The predicted octanol–water partition coefficient (Wildman–Crippen LogP) is -0.113. The maximum atomic E-state index is 10.9. The summed E-state index contributed by atoms with van der Waals surface area (Å²) in [4.78, 5) is 19.3. The number of hydrogen-bond donors (Lipinski definition) is 3. The Bertz CT molecular complexity index is 205. The third kappa shape index (κ3) is 6.60. The zero-order valence-electron chi connectivity index (χ0n) is 7.48. The van der Waals surface area contributed by atoms with E-state index in [1.807, 2.05) is 0 Å².